The molecule has 0 radical (unpaired) electrons. The van der Waals surface area contributed by atoms with E-state index in [1.165, 1.54) is 19.2 Å². The average Bonchev–Trinajstić information content (AvgIpc) is 2.43. The summed E-state index contributed by atoms with van der Waals surface area (Å²) < 4.78 is 10.6. The molecule has 7 nitrogen and oxygen atoms in total. The summed E-state index contributed by atoms with van der Waals surface area (Å²) in [6, 6.07) is 2.91. The monoisotopic (exact) mass is 308 g/mol. The molecule has 0 aromatic heterocycles. The molecule has 0 aliphatic carbocycles. The number of carbonyl (C=O) groups excluding carboxylic acids is 1. The van der Waals surface area contributed by atoms with Crippen molar-refractivity contribution in [1.29, 1.82) is 0 Å². The van der Waals surface area contributed by atoms with E-state index < -0.39 is 16.6 Å². The molecule has 2 rings (SSSR count). The van der Waals surface area contributed by atoms with Gasteiger partial charge in [-0.1, -0.05) is 0 Å². The van der Waals surface area contributed by atoms with Crippen LogP contribution in [0.3, 0.4) is 0 Å². The van der Waals surface area contributed by atoms with Crippen LogP contribution in [-0.2, 0) is 17.7 Å². The topological polar surface area (TPSA) is 81.9 Å². The Morgan fingerprint density at radius 3 is 2.59 bits per heavy atom. The van der Waals surface area contributed by atoms with Crippen molar-refractivity contribution in [2.24, 2.45) is 0 Å². The molecule has 0 N–H and O–H groups in total. The molecule has 1 heterocycles. The first kappa shape index (κ1) is 16.1. The summed E-state index contributed by atoms with van der Waals surface area (Å²) in [6.07, 6.45) is 0.166. The number of rotatable bonds is 2. The van der Waals surface area contributed by atoms with Gasteiger partial charge in [-0.25, -0.2) is 4.79 Å². The molecule has 0 unspecified atom stereocenters. The van der Waals surface area contributed by atoms with E-state index >= 15 is 0 Å². The van der Waals surface area contributed by atoms with Crippen LogP contribution >= 0.6 is 0 Å². The number of nitro benzene ring substituents is 1. The van der Waals surface area contributed by atoms with Gasteiger partial charge in [0.05, 0.1) is 18.1 Å². The van der Waals surface area contributed by atoms with Crippen molar-refractivity contribution in [2.45, 2.75) is 39.3 Å². The van der Waals surface area contributed by atoms with Crippen molar-refractivity contribution in [3.63, 3.8) is 0 Å². The summed E-state index contributed by atoms with van der Waals surface area (Å²) in [7, 11) is 1.49. The highest BCUT2D eigenvalue weighted by atomic mass is 16.6. The van der Waals surface area contributed by atoms with Crippen molar-refractivity contribution in [3.8, 4) is 5.75 Å². The van der Waals surface area contributed by atoms with Gasteiger partial charge in [-0.2, -0.15) is 0 Å². The zero-order chi connectivity index (χ0) is 16.5. The Hall–Kier alpha value is -2.31. The summed E-state index contributed by atoms with van der Waals surface area (Å²) in [5, 5.41) is 11.0. The minimum atomic E-state index is -0.572. The molecule has 0 spiro atoms. The van der Waals surface area contributed by atoms with Gasteiger partial charge in [0.15, 0.2) is 0 Å². The zero-order valence-corrected chi connectivity index (χ0v) is 13.2. The second-order valence-corrected chi connectivity index (χ2v) is 6.19. The van der Waals surface area contributed by atoms with Crippen molar-refractivity contribution in [3.05, 3.63) is 33.4 Å². The minimum absolute atomic E-state index is 0.0401. The number of hydrogen-bond acceptors (Lipinski definition) is 5. The number of methoxy groups -OCH3 is 1. The van der Waals surface area contributed by atoms with Crippen molar-refractivity contribution in [2.75, 3.05) is 13.7 Å². The van der Waals surface area contributed by atoms with Gasteiger partial charge < -0.3 is 14.4 Å². The standard InChI is InChI=1S/C15H20N2O5/c1-15(2,3)22-14(18)16-6-5-12-10(9-16)7-11(17(19)20)8-13(12)21-4/h7-8H,5-6,9H2,1-4H3. The van der Waals surface area contributed by atoms with Crippen molar-refractivity contribution >= 4 is 11.8 Å². The normalized spacial score (nSPS) is 14.3. The van der Waals surface area contributed by atoms with Crippen LogP contribution in [0.1, 0.15) is 31.9 Å². The summed E-state index contributed by atoms with van der Waals surface area (Å²) in [6.45, 7) is 6.18. The molecule has 7 heteroatoms. The number of nitro groups is 1. The van der Waals surface area contributed by atoms with Crippen LogP contribution < -0.4 is 4.74 Å². The quantitative estimate of drug-likeness (QED) is 0.619. The number of ether oxygens (including phenoxy) is 2. The maximum atomic E-state index is 12.1. The Bertz CT molecular complexity index is 607. The predicted octanol–water partition coefficient (Wildman–Crippen LogP) is 2.90. The molecular weight excluding hydrogens is 288 g/mol. The number of carbonyl (C=O) groups is 1. The molecule has 1 aromatic rings. The van der Waals surface area contributed by atoms with Crippen LogP contribution in [-0.4, -0.2) is 35.2 Å². The first-order valence-corrected chi connectivity index (χ1v) is 7.03. The zero-order valence-electron chi connectivity index (χ0n) is 13.2. The fourth-order valence-electron chi connectivity index (χ4n) is 2.41. The molecule has 0 fully saturated rings. The number of benzene rings is 1. The van der Waals surface area contributed by atoms with Gasteiger partial charge >= 0.3 is 6.09 Å². The van der Waals surface area contributed by atoms with Crippen LogP contribution in [0.15, 0.2) is 12.1 Å². The lowest BCUT2D eigenvalue weighted by atomic mass is 9.98. The molecule has 1 aliphatic rings. The van der Waals surface area contributed by atoms with E-state index in [1.54, 1.807) is 25.7 Å². The summed E-state index contributed by atoms with van der Waals surface area (Å²) >= 11 is 0. The van der Waals surface area contributed by atoms with Crippen LogP contribution in [0.25, 0.3) is 0 Å². The SMILES string of the molecule is COc1cc([N+](=O)[O-])cc2c1CCN(C(=O)OC(C)(C)C)C2. The molecule has 0 saturated heterocycles. The van der Waals surface area contributed by atoms with E-state index in [1.807, 2.05) is 0 Å². The Kier molecular flexibility index (Phi) is 4.25. The highest BCUT2D eigenvalue weighted by molar-refractivity contribution is 5.69. The summed E-state index contributed by atoms with van der Waals surface area (Å²) in [4.78, 5) is 24.2. The van der Waals surface area contributed by atoms with Gasteiger partial charge in [-0.05, 0) is 32.8 Å². The van der Waals surface area contributed by atoms with Gasteiger partial charge in [0.2, 0.25) is 0 Å². The molecular formula is C15H20N2O5. The first-order chi connectivity index (χ1) is 10.2. The number of hydrogen-bond donors (Lipinski definition) is 0. The minimum Gasteiger partial charge on any atom is -0.496 e. The third-order valence-corrected chi connectivity index (χ3v) is 3.36. The molecule has 1 amide bonds. The van der Waals surface area contributed by atoms with Gasteiger partial charge in [0.1, 0.15) is 11.4 Å². The third kappa shape index (κ3) is 3.47. The number of fused-ring (bicyclic) bond motifs is 1. The largest absolute Gasteiger partial charge is 0.496 e. The molecule has 1 aliphatic heterocycles. The Labute approximate surface area is 129 Å². The third-order valence-electron chi connectivity index (χ3n) is 3.36. The van der Waals surface area contributed by atoms with E-state index in [4.69, 9.17) is 9.47 Å². The fourth-order valence-corrected chi connectivity index (χ4v) is 2.41. The van der Waals surface area contributed by atoms with Gasteiger partial charge in [0, 0.05) is 24.7 Å². The highest BCUT2D eigenvalue weighted by Crippen LogP contribution is 2.33. The number of nitrogens with zero attached hydrogens (tertiary/aromatic N) is 2. The smallest absolute Gasteiger partial charge is 0.410 e. The average molecular weight is 308 g/mol. The Balaban J connectivity index is 2.27. The summed E-state index contributed by atoms with van der Waals surface area (Å²) in [5.74, 6) is 0.494. The van der Waals surface area contributed by atoms with Crippen LogP contribution in [0.5, 0.6) is 5.75 Å². The van der Waals surface area contributed by atoms with Gasteiger partial charge in [-0.15, -0.1) is 0 Å². The van der Waals surface area contributed by atoms with E-state index in [-0.39, 0.29) is 12.2 Å². The van der Waals surface area contributed by atoms with Gasteiger partial charge in [0.25, 0.3) is 5.69 Å². The second kappa shape index (κ2) is 5.82. The maximum absolute atomic E-state index is 12.1. The van der Waals surface area contributed by atoms with Crippen molar-refractivity contribution in [1.82, 2.24) is 4.90 Å². The molecule has 22 heavy (non-hydrogen) atoms. The van der Waals surface area contributed by atoms with Crippen LogP contribution in [0.2, 0.25) is 0 Å². The van der Waals surface area contributed by atoms with Crippen LogP contribution in [0.4, 0.5) is 10.5 Å². The molecule has 0 saturated carbocycles. The number of amides is 1. The predicted molar refractivity (Wildman–Crippen MR) is 80.0 cm³/mol. The maximum Gasteiger partial charge on any atom is 0.410 e. The number of non-ortho nitro benzene ring substituents is 1. The highest BCUT2D eigenvalue weighted by Gasteiger charge is 2.28. The molecule has 1 aromatic carbocycles. The molecule has 120 valence electrons. The van der Waals surface area contributed by atoms with E-state index in [0.717, 1.165) is 11.1 Å². The second-order valence-electron chi connectivity index (χ2n) is 6.19. The Morgan fingerprint density at radius 1 is 1.36 bits per heavy atom. The molecule has 0 atom stereocenters. The van der Waals surface area contributed by atoms with E-state index in [0.29, 0.717) is 18.7 Å². The first-order valence-electron chi connectivity index (χ1n) is 7.03. The van der Waals surface area contributed by atoms with Gasteiger partial charge in [-0.3, -0.25) is 10.1 Å². The Morgan fingerprint density at radius 2 is 2.05 bits per heavy atom. The van der Waals surface area contributed by atoms with E-state index in [9.17, 15) is 14.9 Å². The lowest BCUT2D eigenvalue weighted by molar-refractivity contribution is -0.385. The van der Waals surface area contributed by atoms with E-state index in [2.05, 4.69) is 0 Å². The molecule has 0 bridgehead atoms. The lowest BCUT2D eigenvalue weighted by Gasteiger charge is -2.31. The van der Waals surface area contributed by atoms with Crippen molar-refractivity contribution < 1.29 is 19.2 Å². The fraction of sp³-hybridized carbons (Fsp3) is 0.533. The van der Waals surface area contributed by atoms with Crippen LogP contribution in [0, 0.1) is 10.1 Å². The summed E-state index contributed by atoms with van der Waals surface area (Å²) in [5.41, 5.74) is 1.02. The lowest BCUT2D eigenvalue weighted by Crippen LogP contribution is -2.40.